The molecule has 1 aromatic heterocycles. The molecule has 0 amide bonds. The highest BCUT2D eigenvalue weighted by molar-refractivity contribution is 9.10. The van der Waals surface area contributed by atoms with E-state index in [0.29, 0.717) is 0 Å². The van der Waals surface area contributed by atoms with Gasteiger partial charge in [-0.15, -0.1) is 0 Å². The standard InChI is InChI=1S/C19H19BrN2/c1-14(17-5-3-6-18(20)13-17)7-8-16-9-10-21-19(15(16)2)22-11-4-12-22/h3,5-10,13H,1,4,11-12H2,2H3/b8-7-. The molecule has 0 saturated carbocycles. The highest BCUT2D eigenvalue weighted by atomic mass is 79.9. The molecule has 3 rings (SSSR count). The molecule has 0 spiro atoms. The van der Waals surface area contributed by atoms with Gasteiger partial charge in [0.1, 0.15) is 5.82 Å². The van der Waals surface area contributed by atoms with Crippen molar-refractivity contribution in [3.05, 3.63) is 70.3 Å². The number of allylic oxidation sites excluding steroid dienone is 2. The highest BCUT2D eigenvalue weighted by Crippen LogP contribution is 2.26. The molecule has 112 valence electrons. The van der Waals surface area contributed by atoms with Crippen LogP contribution in [0.4, 0.5) is 5.82 Å². The van der Waals surface area contributed by atoms with Gasteiger partial charge in [0.05, 0.1) is 0 Å². The topological polar surface area (TPSA) is 16.1 Å². The predicted octanol–water partition coefficient (Wildman–Crippen LogP) is 5.09. The fourth-order valence-electron chi connectivity index (χ4n) is 2.54. The van der Waals surface area contributed by atoms with E-state index in [1.54, 1.807) is 0 Å². The van der Waals surface area contributed by atoms with Crippen LogP contribution in [-0.4, -0.2) is 18.1 Å². The lowest BCUT2D eigenvalue weighted by Crippen LogP contribution is -2.38. The summed E-state index contributed by atoms with van der Waals surface area (Å²) in [7, 11) is 0. The molecule has 0 bridgehead atoms. The average Bonchev–Trinajstić information content (AvgIpc) is 2.46. The van der Waals surface area contributed by atoms with Crippen LogP contribution < -0.4 is 4.90 Å². The molecule has 0 radical (unpaired) electrons. The third-order valence-corrected chi connectivity index (χ3v) is 4.53. The lowest BCUT2D eigenvalue weighted by molar-refractivity contribution is 0.608. The summed E-state index contributed by atoms with van der Waals surface area (Å²) in [6, 6.07) is 10.3. The molecule has 0 aliphatic carbocycles. The van der Waals surface area contributed by atoms with Crippen LogP contribution in [0.2, 0.25) is 0 Å². The maximum absolute atomic E-state index is 4.52. The van der Waals surface area contributed by atoms with E-state index in [9.17, 15) is 0 Å². The van der Waals surface area contributed by atoms with Crippen molar-refractivity contribution >= 4 is 33.4 Å². The summed E-state index contributed by atoms with van der Waals surface area (Å²) in [5, 5.41) is 0. The van der Waals surface area contributed by atoms with Crippen LogP contribution >= 0.6 is 15.9 Å². The zero-order valence-electron chi connectivity index (χ0n) is 12.7. The minimum absolute atomic E-state index is 1.00. The first-order chi connectivity index (χ1) is 10.6. The molecular weight excluding hydrogens is 336 g/mol. The molecule has 2 heterocycles. The number of rotatable bonds is 4. The van der Waals surface area contributed by atoms with E-state index in [1.807, 2.05) is 18.3 Å². The van der Waals surface area contributed by atoms with Gasteiger partial charge < -0.3 is 4.90 Å². The number of aromatic nitrogens is 1. The minimum atomic E-state index is 1.00. The van der Waals surface area contributed by atoms with Crippen molar-refractivity contribution in [2.75, 3.05) is 18.0 Å². The van der Waals surface area contributed by atoms with Gasteiger partial charge in [0.15, 0.2) is 0 Å². The summed E-state index contributed by atoms with van der Waals surface area (Å²) >= 11 is 3.50. The van der Waals surface area contributed by atoms with Crippen LogP contribution in [0, 0.1) is 6.92 Å². The number of anilines is 1. The lowest BCUT2D eigenvalue weighted by atomic mass is 10.0. The van der Waals surface area contributed by atoms with Crippen LogP contribution in [0.3, 0.4) is 0 Å². The van der Waals surface area contributed by atoms with E-state index < -0.39 is 0 Å². The Kier molecular flexibility index (Phi) is 4.44. The Labute approximate surface area is 140 Å². The quantitative estimate of drug-likeness (QED) is 0.711. The maximum atomic E-state index is 4.52. The van der Waals surface area contributed by atoms with Crippen molar-refractivity contribution in [3.63, 3.8) is 0 Å². The van der Waals surface area contributed by atoms with E-state index in [0.717, 1.165) is 34.5 Å². The third kappa shape index (κ3) is 3.14. The first-order valence-corrected chi connectivity index (χ1v) is 8.28. The van der Waals surface area contributed by atoms with E-state index in [4.69, 9.17) is 0 Å². The van der Waals surface area contributed by atoms with Gasteiger partial charge in [-0.25, -0.2) is 4.98 Å². The summed E-state index contributed by atoms with van der Waals surface area (Å²) in [5.74, 6) is 1.11. The molecule has 1 saturated heterocycles. The number of halogens is 1. The fourth-order valence-corrected chi connectivity index (χ4v) is 2.94. The van der Waals surface area contributed by atoms with Crippen LogP contribution in [0.5, 0.6) is 0 Å². The smallest absolute Gasteiger partial charge is 0.132 e. The van der Waals surface area contributed by atoms with Crippen LogP contribution in [0.25, 0.3) is 11.6 Å². The van der Waals surface area contributed by atoms with Gasteiger partial charge >= 0.3 is 0 Å². The molecule has 2 aromatic rings. The Balaban J connectivity index is 1.82. The van der Waals surface area contributed by atoms with Gasteiger partial charge in [-0.3, -0.25) is 0 Å². The summed E-state index contributed by atoms with van der Waals surface area (Å²) < 4.78 is 1.07. The second-order valence-corrected chi connectivity index (χ2v) is 6.47. The van der Waals surface area contributed by atoms with Gasteiger partial charge in [0.2, 0.25) is 0 Å². The largest absolute Gasteiger partial charge is 0.356 e. The fraction of sp³-hybridized carbons (Fsp3) is 0.211. The van der Waals surface area contributed by atoms with Gasteiger partial charge in [-0.1, -0.05) is 46.8 Å². The van der Waals surface area contributed by atoms with Crippen molar-refractivity contribution < 1.29 is 0 Å². The van der Waals surface area contributed by atoms with Gasteiger partial charge in [0, 0.05) is 23.8 Å². The van der Waals surface area contributed by atoms with Crippen molar-refractivity contribution in [1.82, 2.24) is 4.98 Å². The Morgan fingerprint density at radius 2 is 2.14 bits per heavy atom. The summed E-state index contributed by atoms with van der Waals surface area (Å²) in [6.07, 6.45) is 7.36. The van der Waals surface area contributed by atoms with E-state index >= 15 is 0 Å². The molecule has 1 aliphatic rings. The molecular formula is C19H19BrN2. The molecule has 1 fully saturated rings. The zero-order chi connectivity index (χ0) is 15.5. The first-order valence-electron chi connectivity index (χ1n) is 7.48. The minimum Gasteiger partial charge on any atom is -0.356 e. The van der Waals surface area contributed by atoms with Crippen molar-refractivity contribution in [2.24, 2.45) is 0 Å². The van der Waals surface area contributed by atoms with Crippen molar-refractivity contribution in [3.8, 4) is 0 Å². The zero-order valence-corrected chi connectivity index (χ0v) is 14.3. The maximum Gasteiger partial charge on any atom is 0.132 e. The summed E-state index contributed by atoms with van der Waals surface area (Å²) in [5.41, 5.74) is 4.57. The Bertz CT molecular complexity index is 730. The Morgan fingerprint density at radius 3 is 2.82 bits per heavy atom. The number of nitrogens with zero attached hydrogens (tertiary/aromatic N) is 2. The third-order valence-electron chi connectivity index (χ3n) is 4.03. The Hall–Kier alpha value is -1.87. The summed E-state index contributed by atoms with van der Waals surface area (Å²) in [4.78, 5) is 6.85. The van der Waals surface area contributed by atoms with Gasteiger partial charge in [-0.2, -0.15) is 0 Å². The number of benzene rings is 1. The molecule has 1 aromatic carbocycles. The van der Waals surface area contributed by atoms with Crippen molar-refractivity contribution in [1.29, 1.82) is 0 Å². The average molecular weight is 355 g/mol. The van der Waals surface area contributed by atoms with Crippen molar-refractivity contribution in [2.45, 2.75) is 13.3 Å². The molecule has 0 N–H and O–H groups in total. The van der Waals surface area contributed by atoms with E-state index in [2.05, 4.69) is 69.7 Å². The second-order valence-electron chi connectivity index (χ2n) is 5.56. The number of hydrogen-bond acceptors (Lipinski definition) is 2. The molecule has 0 atom stereocenters. The molecule has 2 nitrogen and oxygen atoms in total. The monoisotopic (exact) mass is 354 g/mol. The lowest BCUT2D eigenvalue weighted by Gasteiger charge is -2.33. The van der Waals surface area contributed by atoms with E-state index in [-0.39, 0.29) is 0 Å². The first kappa shape index (κ1) is 15.0. The Morgan fingerprint density at radius 1 is 1.32 bits per heavy atom. The highest BCUT2D eigenvalue weighted by Gasteiger charge is 2.18. The molecule has 3 heteroatoms. The van der Waals surface area contributed by atoms with Gasteiger partial charge in [-0.05, 0) is 53.8 Å². The summed E-state index contributed by atoms with van der Waals surface area (Å²) in [6.45, 7) is 8.54. The van der Waals surface area contributed by atoms with Gasteiger partial charge in [0.25, 0.3) is 0 Å². The molecule has 22 heavy (non-hydrogen) atoms. The normalized spacial score (nSPS) is 14.2. The molecule has 1 aliphatic heterocycles. The predicted molar refractivity (Wildman–Crippen MR) is 98.0 cm³/mol. The number of pyridine rings is 1. The van der Waals surface area contributed by atoms with Crippen LogP contribution in [-0.2, 0) is 0 Å². The molecule has 0 unspecified atom stereocenters. The SMILES string of the molecule is C=C(/C=C\c1ccnc(N2CCC2)c1C)c1cccc(Br)c1. The van der Waals surface area contributed by atoms with Crippen LogP contribution in [0.15, 0.2) is 53.7 Å². The number of hydrogen-bond donors (Lipinski definition) is 0. The van der Waals surface area contributed by atoms with E-state index in [1.165, 1.54) is 17.5 Å². The second kappa shape index (κ2) is 6.49. The van der Waals surface area contributed by atoms with Crippen LogP contribution in [0.1, 0.15) is 23.1 Å².